The number of aromatic nitrogens is 2. The van der Waals surface area contributed by atoms with Crippen molar-refractivity contribution >= 4 is 91.0 Å². The molecule has 3 aromatic carbocycles. The van der Waals surface area contributed by atoms with Crippen LogP contribution in [0.1, 0.15) is 40.4 Å². The summed E-state index contributed by atoms with van der Waals surface area (Å²) in [5.41, 5.74) is 12.8. The van der Waals surface area contributed by atoms with Gasteiger partial charge in [-0.3, -0.25) is 10.2 Å². The number of carbonyl (C=O) groups excluding carboxylic acids is 1. The number of ketones is 1. The fraction of sp³-hybridized carbons (Fsp3) is 0.200. The number of nitrogens with two attached hydrogens (primary N) is 1. The van der Waals surface area contributed by atoms with Crippen molar-refractivity contribution in [2.24, 2.45) is 5.73 Å². The maximum absolute atomic E-state index is 9.68. The molecule has 0 bridgehead atoms. The van der Waals surface area contributed by atoms with Crippen molar-refractivity contribution in [1.29, 1.82) is 10.7 Å². The van der Waals surface area contributed by atoms with E-state index >= 15 is 0 Å². The maximum Gasteiger partial charge on any atom is 0.144 e. The molecular formula is C30H31ClI3N5O. The minimum atomic E-state index is 0.0201. The number of aromatic amines is 1. The van der Waals surface area contributed by atoms with Gasteiger partial charge in [-0.05, 0) is 143 Å². The Balaban J connectivity index is 0.000000281. The Labute approximate surface area is 282 Å². The molecule has 1 heterocycles. The molecule has 0 atom stereocenters. The van der Waals surface area contributed by atoms with Crippen molar-refractivity contribution in [3.8, 4) is 17.5 Å². The molecule has 210 valence electrons. The molecule has 4 rings (SSSR count). The lowest BCUT2D eigenvalue weighted by atomic mass is 10.1. The van der Waals surface area contributed by atoms with Gasteiger partial charge in [-0.1, -0.05) is 30.3 Å². The van der Waals surface area contributed by atoms with Crippen molar-refractivity contribution < 1.29 is 4.79 Å². The normalized spacial score (nSPS) is 9.50. The van der Waals surface area contributed by atoms with Gasteiger partial charge in [0.1, 0.15) is 17.4 Å². The van der Waals surface area contributed by atoms with Crippen LogP contribution in [0, 0.1) is 55.1 Å². The predicted molar refractivity (Wildman–Crippen MR) is 191 cm³/mol. The summed E-state index contributed by atoms with van der Waals surface area (Å²) in [7, 11) is 0. The van der Waals surface area contributed by atoms with E-state index in [4.69, 9.17) is 28.0 Å². The Morgan fingerprint density at radius 2 is 1.45 bits per heavy atom. The molecule has 0 saturated carbocycles. The number of nitrogens with zero attached hydrogens (tertiary/aromatic N) is 2. The van der Waals surface area contributed by atoms with Crippen LogP contribution in [0.3, 0.4) is 0 Å². The number of amidine groups is 1. The molecule has 0 aliphatic carbocycles. The van der Waals surface area contributed by atoms with Crippen LogP contribution in [0.4, 0.5) is 0 Å². The first-order chi connectivity index (χ1) is 18.8. The summed E-state index contributed by atoms with van der Waals surface area (Å²) in [5, 5.41) is 15.7. The van der Waals surface area contributed by atoms with E-state index in [0.29, 0.717) is 0 Å². The van der Waals surface area contributed by atoms with E-state index in [0.717, 1.165) is 35.3 Å². The number of hydrogen-bond donors (Lipinski definition) is 3. The van der Waals surface area contributed by atoms with E-state index in [9.17, 15) is 4.79 Å². The number of halogens is 4. The molecule has 10 heteroatoms. The number of Topliss-reactive ketones (excluding diaryl/α,β-unsaturated/α-hetero) is 1. The molecule has 6 nitrogen and oxygen atoms in total. The molecular weight excluding hydrogens is 863 g/mol. The summed E-state index contributed by atoms with van der Waals surface area (Å²) in [5.74, 6) is 1.23. The van der Waals surface area contributed by atoms with Gasteiger partial charge in [0.2, 0.25) is 0 Å². The van der Waals surface area contributed by atoms with Crippen LogP contribution in [0.2, 0.25) is 0 Å². The first-order valence-electron chi connectivity index (χ1n) is 11.9. The average Bonchev–Trinajstić information content (AvgIpc) is 3.36. The van der Waals surface area contributed by atoms with E-state index in [-0.39, 0.29) is 17.5 Å². The molecule has 0 fully saturated rings. The van der Waals surface area contributed by atoms with Crippen molar-refractivity contribution in [3.05, 3.63) is 105 Å². The largest absolute Gasteiger partial charge is 0.384 e. The third-order valence-corrected chi connectivity index (χ3v) is 8.98. The highest BCUT2D eigenvalue weighted by molar-refractivity contribution is 14.1. The summed E-state index contributed by atoms with van der Waals surface area (Å²) in [6.45, 7) is 9.64. The first-order valence-corrected chi connectivity index (χ1v) is 15.7. The van der Waals surface area contributed by atoms with Crippen LogP contribution >= 0.6 is 79.4 Å². The lowest BCUT2D eigenvalue weighted by Gasteiger charge is -2.00. The van der Waals surface area contributed by atoms with Gasteiger partial charge < -0.3 is 10.7 Å². The zero-order valence-corrected chi connectivity index (χ0v) is 30.1. The molecule has 40 heavy (non-hydrogen) atoms. The van der Waals surface area contributed by atoms with Gasteiger partial charge in [-0.2, -0.15) is 5.26 Å². The summed E-state index contributed by atoms with van der Waals surface area (Å²) >= 11 is 11.8. The molecule has 0 aliphatic heterocycles. The summed E-state index contributed by atoms with van der Waals surface area (Å²) in [6.07, 6.45) is 1.85. The van der Waals surface area contributed by atoms with Crippen LogP contribution in [0.15, 0.2) is 60.8 Å². The number of benzene rings is 3. The number of rotatable bonds is 3. The number of nitrogen functional groups attached to an aromatic ring is 1. The topological polar surface area (TPSA) is 119 Å². The molecule has 0 amide bonds. The monoisotopic (exact) mass is 893 g/mol. The number of carbonyl (C=O) groups is 1. The highest BCUT2D eigenvalue weighted by Crippen LogP contribution is 2.21. The van der Waals surface area contributed by atoms with Crippen molar-refractivity contribution in [2.45, 2.75) is 34.6 Å². The fourth-order valence-electron chi connectivity index (χ4n) is 2.72. The molecule has 0 radical (unpaired) electrons. The van der Waals surface area contributed by atoms with Gasteiger partial charge in [0.15, 0.2) is 0 Å². The van der Waals surface area contributed by atoms with Crippen molar-refractivity contribution in [1.82, 2.24) is 9.97 Å². The Morgan fingerprint density at radius 3 is 1.85 bits per heavy atom. The predicted octanol–water partition coefficient (Wildman–Crippen LogP) is 8.47. The van der Waals surface area contributed by atoms with Gasteiger partial charge in [0.25, 0.3) is 0 Å². The Kier molecular flexibility index (Phi) is 16.6. The van der Waals surface area contributed by atoms with Gasteiger partial charge in [0.05, 0.1) is 17.5 Å². The Morgan fingerprint density at radius 1 is 0.950 bits per heavy atom. The molecule has 0 spiro atoms. The second kappa shape index (κ2) is 18.4. The minimum Gasteiger partial charge on any atom is -0.384 e. The third kappa shape index (κ3) is 13.1. The number of H-pyrrole nitrogens is 1. The van der Waals surface area contributed by atoms with E-state index in [1.165, 1.54) is 27.2 Å². The maximum atomic E-state index is 9.68. The molecule has 0 unspecified atom stereocenters. The summed E-state index contributed by atoms with van der Waals surface area (Å²) in [6, 6.07) is 19.9. The number of imidazole rings is 1. The molecule has 0 saturated heterocycles. The van der Waals surface area contributed by atoms with E-state index in [1.54, 1.807) is 0 Å². The standard InChI is InChI=1S/C11H11IN2.C8H9IN2.C8H6IN.C3H5ClO/c1-7-3-4-9(5-10(7)12)11-13-6-8(2)14-11;1-5-2-3-6(8(10)11)4-7(5)9;1-6-2-3-7(5-10)4-8(6)9;1-3(5)2-4/h3-6H,1-2H3,(H,13,14);2-4H,1H3,(H3,10,11);2-4H,1H3;2H2,1H3. The zero-order valence-electron chi connectivity index (χ0n) is 22.9. The second-order valence-electron chi connectivity index (χ2n) is 8.67. The molecule has 1 aromatic heterocycles. The third-order valence-electron chi connectivity index (χ3n) is 5.12. The van der Waals surface area contributed by atoms with Crippen LogP contribution in [0.5, 0.6) is 0 Å². The van der Waals surface area contributed by atoms with Crippen molar-refractivity contribution in [3.63, 3.8) is 0 Å². The molecule has 4 N–H and O–H groups in total. The van der Waals surface area contributed by atoms with Gasteiger partial charge in [-0.15, -0.1) is 11.6 Å². The number of nitriles is 1. The van der Waals surface area contributed by atoms with Crippen LogP contribution in [-0.2, 0) is 4.79 Å². The van der Waals surface area contributed by atoms with E-state index in [1.807, 2.05) is 63.4 Å². The number of aryl methyl sites for hydroxylation is 4. The lowest BCUT2D eigenvalue weighted by molar-refractivity contribution is -0.114. The minimum absolute atomic E-state index is 0.0201. The lowest BCUT2D eigenvalue weighted by Crippen LogP contribution is -2.11. The number of alkyl halides is 1. The van der Waals surface area contributed by atoms with Crippen molar-refractivity contribution in [2.75, 3.05) is 5.88 Å². The van der Waals surface area contributed by atoms with E-state index < -0.39 is 0 Å². The SMILES string of the molecule is CC(=O)CCl.Cc1ccc(C#N)cc1I.Cc1ccc(C(=N)N)cc1I.Cc1cnc(-c2ccc(C)c(I)c2)[nH]1. The number of nitrogens with one attached hydrogen (secondary N) is 2. The van der Waals surface area contributed by atoms with Crippen LogP contribution < -0.4 is 5.73 Å². The van der Waals surface area contributed by atoms with Gasteiger partial charge >= 0.3 is 0 Å². The number of hydrogen-bond acceptors (Lipinski definition) is 4. The molecule has 0 aliphatic rings. The smallest absolute Gasteiger partial charge is 0.144 e. The fourth-order valence-corrected chi connectivity index (χ4v) is 4.27. The quantitative estimate of drug-likeness (QED) is 0.0828. The van der Waals surface area contributed by atoms with Gasteiger partial charge in [0, 0.05) is 33.7 Å². The van der Waals surface area contributed by atoms with Crippen LogP contribution in [-0.4, -0.2) is 27.5 Å². The Bertz CT molecular complexity index is 1500. The van der Waals surface area contributed by atoms with Crippen LogP contribution in [0.25, 0.3) is 11.4 Å². The van der Waals surface area contributed by atoms with Gasteiger partial charge in [-0.25, -0.2) is 4.98 Å². The highest BCUT2D eigenvalue weighted by atomic mass is 127. The molecule has 4 aromatic rings. The van der Waals surface area contributed by atoms with E-state index in [2.05, 4.69) is 109 Å². The summed E-state index contributed by atoms with van der Waals surface area (Å²) in [4.78, 5) is 17.2. The first kappa shape index (κ1) is 36.0. The second-order valence-corrected chi connectivity index (χ2v) is 12.4. The average molecular weight is 894 g/mol. The zero-order chi connectivity index (χ0) is 30.4. The summed E-state index contributed by atoms with van der Waals surface area (Å²) < 4.78 is 3.57. The Hall–Kier alpha value is -2.02. The highest BCUT2D eigenvalue weighted by Gasteiger charge is 2.03.